The normalized spacial score (nSPS) is 15.3. The monoisotopic (exact) mass is 802 g/mol. The van der Waals surface area contributed by atoms with E-state index in [4.69, 9.17) is 9.05 Å². The zero-order chi connectivity index (χ0) is 41.4. The summed E-state index contributed by atoms with van der Waals surface area (Å²) in [5.41, 5.74) is 0. The molecule has 0 aliphatic heterocycles. The Hall–Kier alpha value is -2.58. The summed E-state index contributed by atoms with van der Waals surface area (Å²) in [5.74, 6) is -0.217. The van der Waals surface area contributed by atoms with Crippen molar-refractivity contribution < 1.29 is 32.9 Å². The molecule has 0 saturated heterocycles. The Labute approximate surface area is 343 Å². The van der Waals surface area contributed by atoms with E-state index < -0.39 is 20.0 Å². The third-order valence-electron chi connectivity index (χ3n) is 8.77. The minimum atomic E-state index is -4.36. The fourth-order valence-electron chi connectivity index (χ4n) is 5.33. The average molecular weight is 802 g/mol. The molecule has 56 heavy (non-hydrogen) atoms. The summed E-state index contributed by atoms with van der Waals surface area (Å²) >= 11 is 0. The SMILES string of the molecule is CC/C=C\C/C=C\C/C=C\C/C=C\C/C=C\CCCCCCCC(=O)NC(COP(=O)(O)OCC[N+](C)(C)C)C(O)/C=C/CC/C=C/CC/C=C/CCCCC. The van der Waals surface area contributed by atoms with Crippen LogP contribution < -0.4 is 5.32 Å². The first-order chi connectivity index (χ1) is 27.0. The minimum absolute atomic E-state index is 0.0435. The molecule has 0 heterocycles. The van der Waals surface area contributed by atoms with Gasteiger partial charge in [0, 0.05) is 6.42 Å². The third-order valence-corrected chi connectivity index (χ3v) is 9.75. The number of phosphoric acid groups is 1. The van der Waals surface area contributed by atoms with Crippen LogP contribution >= 0.6 is 7.82 Å². The van der Waals surface area contributed by atoms with Gasteiger partial charge in [0.2, 0.25) is 5.91 Å². The van der Waals surface area contributed by atoms with Gasteiger partial charge >= 0.3 is 7.82 Å². The van der Waals surface area contributed by atoms with Crippen LogP contribution in [0.1, 0.15) is 142 Å². The first-order valence-corrected chi connectivity index (χ1v) is 23.1. The number of aliphatic hydroxyl groups excluding tert-OH is 1. The van der Waals surface area contributed by atoms with Crippen LogP contribution in [0, 0.1) is 0 Å². The molecule has 0 aliphatic carbocycles. The summed E-state index contributed by atoms with van der Waals surface area (Å²) in [4.78, 5) is 23.1. The van der Waals surface area contributed by atoms with Crippen LogP contribution in [-0.4, -0.2) is 73.4 Å². The van der Waals surface area contributed by atoms with E-state index in [1.165, 1.54) is 19.3 Å². The van der Waals surface area contributed by atoms with Gasteiger partial charge < -0.3 is 19.8 Å². The highest BCUT2D eigenvalue weighted by molar-refractivity contribution is 7.47. The van der Waals surface area contributed by atoms with E-state index >= 15 is 0 Å². The number of likely N-dealkylation sites (N-methyl/N-ethyl adjacent to an activating group) is 1. The molecule has 0 rings (SSSR count). The van der Waals surface area contributed by atoms with Gasteiger partial charge in [-0.1, -0.05) is 143 Å². The molecule has 3 atom stereocenters. The molecule has 8 nitrogen and oxygen atoms in total. The van der Waals surface area contributed by atoms with Gasteiger partial charge in [-0.15, -0.1) is 0 Å². The van der Waals surface area contributed by atoms with Crippen molar-refractivity contribution in [1.82, 2.24) is 5.32 Å². The van der Waals surface area contributed by atoms with Crippen LogP contribution in [0.3, 0.4) is 0 Å². The number of phosphoric ester groups is 1. The van der Waals surface area contributed by atoms with Crippen molar-refractivity contribution >= 4 is 13.7 Å². The van der Waals surface area contributed by atoms with Gasteiger partial charge in [-0.25, -0.2) is 4.57 Å². The van der Waals surface area contributed by atoms with Gasteiger partial charge in [0.15, 0.2) is 0 Å². The van der Waals surface area contributed by atoms with Crippen molar-refractivity contribution in [3.05, 3.63) is 97.2 Å². The molecule has 3 unspecified atom stereocenters. The Morgan fingerprint density at radius 3 is 1.64 bits per heavy atom. The first kappa shape index (κ1) is 53.4. The highest BCUT2D eigenvalue weighted by Crippen LogP contribution is 2.43. The smallest absolute Gasteiger partial charge is 0.387 e. The molecule has 0 bridgehead atoms. The number of hydrogen-bond donors (Lipinski definition) is 3. The second-order valence-electron chi connectivity index (χ2n) is 15.3. The number of rotatable bonds is 37. The molecular formula is C47H82N2O6P+. The summed E-state index contributed by atoms with van der Waals surface area (Å²) < 4.78 is 23.5. The summed E-state index contributed by atoms with van der Waals surface area (Å²) in [6, 6.07) is -0.885. The van der Waals surface area contributed by atoms with E-state index in [0.29, 0.717) is 17.4 Å². The molecule has 3 N–H and O–H groups in total. The highest BCUT2D eigenvalue weighted by Gasteiger charge is 2.27. The number of unbranched alkanes of at least 4 members (excludes halogenated alkanes) is 10. The number of amides is 1. The molecule has 0 aromatic heterocycles. The van der Waals surface area contributed by atoms with Crippen molar-refractivity contribution in [3.63, 3.8) is 0 Å². The number of hydrogen-bond acceptors (Lipinski definition) is 5. The zero-order valence-corrected chi connectivity index (χ0v) is 37.0. The fourth-order valence-corrected chi connectivity index (χ4v) is 6.07. The quantitative estimate of drug-likeness (QED) is 0.0250. The zero-order valence-electron chi connectivity index (χ0n) is 36.1. The van der Waals surface area contributed by atoms with E-state index in [9.17, 15) is 19.4 Å². The molecule has 0 saturated carbocycles. The molecule has 0 aromatic carbocycles. The summed E-state index contributed by atoms with van der Waals surface area (Å²) in [5, 5.41) is 13.8. The fraction of sp³-hybridized carbons (Fsp3) is 0.638. The van der Waals surface area contributed by atoms with Crippen LogP contribution in [0.4, 0.5) is 0 Å². The largest absolute Gasteiger partial charge is 0.472 e. The summed E-state index contributed by atoms with van der Waals surface area (Å²) in [7, 11) is 1.51. The van der Waals surface area contributed by atoms with E-state index in [2.05, 4.69) is 104 Å². The van der Waals surface area contributed by atoms with Gasteiger partial charge in [0.1, 0.15) is 13.2 Å². The molecule has 0 aromatic rings. The maximum Gasteiger partial charge on any atom is 0.472 e. The Morgan fingerprint density at radius 1 is 0.625 bits per heavy atom. The number of carbonyl (C=O) groups is 1. The Morgan fingerprint density at radius 2 is 1.09 bits per heavy atom. The van der Waals surface area contributed by atoms with Crippen LogP contribution in [0.25, 0.3) is 0 Å². The first-order valence-electron chi connectivity index (χ1n) is 21.6. The molecule has 0 radical (unpaired) electrons. The minimum Gasteiger partial charge on any atom is -0.387 e. The van der Waals surface area contributed by atoms with Crippen molar-refractivity contribution in [2.24, 2.45) is 0 Å². The van der Waals surface area contributed by atoms with Crippen LogP contribution in [0.2, 0.25) is 0 Å². The number of nitrogens with zero attached hydrogens (tertiary/aromatic N) is 1. The van der Waals surface area contributed by atoms with Crippen molar-refractivity contribution in [2.75, 3.05) is 40.9 Å². The maximum atomic E-state index is 12.9. The molecule has 9 heteroatoms. The number of aliphatic hydroxyl groups is 1. The lowest BCUT2D eigenvalue weighted by Crippen LogP contribution is -2.45. The predicted octanol–water partition coefficient (Wildman–Crippen LogP) is 12.0. The molecule has 320 valence electrons. The predicted molar refractivity (Wildman–Crippen MR) is 239 cm³/mol. The Kier molecular flexibility index (Phi) is 36.2. The van der Waals surface area contributed by atoms with E-state index in [0.717, 1.165) is 103 Å². The van der Waals surface area contributed by atoms with E-state index in [1.54, 1.807) is 6.08 Å². The average Bonchev–Trinajstić information content (AvgIpc) is 3.15. The van der Waals surface area contributed by atoms with Gasteiger partial charge in [-0.05, 0) is 89.9 Å². The molecule has 0 spiro atoms. The number of nitrogens with one attached hydrogen (secondary N) is 1. The molecular weight excluding hydrogens is 719 g/mol. The van der Waals surface area contributed by atoms with Crippen molar-refractivity contribution in [1.29, 1.82) is 0 Å². The van der Waals surface area contributed by atoms with Gasteiger partial charge in [-0.2, -0.15) is 0 Å². The summed E-state index contributed by atoms with van der Waals surface area (Å²) in [6.07, 6.45) is 53.3. The van der Waals surface area contributed by atoms with Gasteiger partial charge in [0.05, 0.1) is 39.9 Å². The van der Waals surface area contributed by atoms with Crippen molar-refractivity contribution in [2.45, 2.75) is 154 Å². The lowest BCUT2D eigenvalue weighted by molar-refractivity contribution is -0.870. The van der Waals surface area contributed by atoms with E-state index in [1.807, 2.05) is 27.2 Å². The Bertz CT molecular complexity index is 1230. The van der Waals surface area contributed by atoms with Gasteiger partial charge in [0.25, 0.3) is 0 Å². The molecule has 1 amide bonds. The number of carbonyl (C=O) groups excluding carboxylic acids is 1. The van der Waals surface area contributed by atoms with Gasteiger partial charge in [-0.3, -0.25) is 13.8 Å². The topological polar surface area (TPSA) is 105 Å². The summed E-state index contributed by atoms with van der Waals surface area (Å²) in [6.45, 7) is 4.58. The molecule has 0 aliphatic rings. The van der Waals surface area contributed by atoms with Crippen molar-refractivity contribution in [3.8, 4) is 0 Å². The Balaban J connectivity index is 4.53. The molecule has 0 fully saturated rings. The lowest BCUT2D eigenvalue weighted by Gasteiger charge is -2.25. The van der Waals surface area contributed by atoms with Crippen LogP contribution in [-0.2, 0) is 18.4 Å². The van der Waals surface area contributed by atoms with Crippen LogP contribution in [0.5, 0.6) is 0 Å². The second-order valence-corrected chi connectivity index (χ2v) is 16.8. The van der Waals surface area contributed by atoms with E-state index in [-0.39, 0.29) is 19.1 Å². The highest BCUT2D eigenvalue weighted by atomic mass is 31.2. The second kappa shape index (κ2) is 38.0. The maximum absolute atomic E-state index is 12.9. The third kappa shape index (κ3) is 39.6. The lowest BCUT2D eigenvalue weighted by atomic mass is 10.1. The number of quaternary nitrogens is 1. The van der Waals surface area contributed by atoms with Crippen LogP contribution in [0.15, 0.2) is 97.2 Å². The standard InChI is InChI=1S/C47H81N2O6P/c1-6-8-10-12-14-16-18-20-21-22-23-24-25-26-27-29-31-33-35-37-39-41-47(51)48-45(44-55-56(52,53)54-43-42-49(3,4)5)46(50)40-38-36-34-32-30-28-19-17-15-13-11-9-7-2/h8,10,14-17,20-21,23-24,26-27,30,32,38,40,45-46,50H,6-7,9,11-13,18-19,22,25,28-29,31,33-37,39,41-44H2,1-5H3,(H-,48,51,52,53)/p+1/b10-8-,16-14-,17-15+,21-20-,24-23-,27-26-,32-30+,40-38+. The number of allylic oxidation sites excluding steroid dienone is 15.